The maximum absolute atomic E-state index is 13.1. The van der Waals surface area contributed by atoms with Crippen molar-refractivity contribution >= 4 is 57.7 Å². The Morgan fingerprint density at radius 3 is 2.22 bits per heavy atom. The number of halogens is 1. The van der Waals surface area contributed by atoms with Crippen molar-refractivity contribution in [2.45, 2.75) is 84.3 Å². The number of carbonyl (C=O) groups is 4. The molecule has 2 heterocycles. The van der Waals surface area contributed by atoms with E-state index in [0.717, 1.165) is 11.3 Å². The van der Waals surface area contributed by atoms with E-state index in [2.05, 4.69) is 26.1 Å². The van der Waals surface area contributed by atoms with E-state index >= 15 is 0 Å². The molecule has 15 heteroatoms. The van der Waals surface area contributed by atoms with Crippen molar-refractivity contribution < 1.29 is 38.6 Å². The Hall–Kier alpha value is -2.97. The number of hydrogen-bond donors (Lipinski definition) is 4. The molecular formula is C22H32ClN5O8S. The number of oxime groups is 1. The Morgan fingerprint density at radius 1 is 1.11 bits per heavy atom. The molecule has 37 heavy (non-hydrogen) atoms. The fourth-order valence-electron chi connectivity index (χ4n) is 2.65. The highest BCUT2D eigenvalue weighted by atomic mass is 35.5. The molecule has 0 unspecified atom stereocenters. The maximum Gasteiger partial charge on any atom is 0.413 e. The van der Waals surface area contributed by atoms with Gasteiger partial charge in [-0.1, -0.05) is 28.1 Å². The van der Waals surface area contributed by atoms with Crippen molar-refractivity contribution in [2.75, 3.05) is 11.9 Å². The minimum atomic E-state index is -1.62. The highest BCUT2D eigenvalue weighted by Crippen LogP contribution is 2.30. The van der Waals surface area contributed by atoms with Crippen molar-refractivity contribution in [2.24, 2.45) is 5.16 Å². The van der Waals surface area contributed by atoms with Crippen LogP contribution in [0.3, 0.4) is 0 Å². The summed E-state index contributed by atoms with van der Waals surface area (Å²) in [7, 11) is 0. The van der Waals surface area contributed by atoms with Gasteiger partial charge in [-0.05, 0) is 55.4 Å². The number of rotatable bonds is 8. The van der Waals surface area contributed by atoms with Crippen LogP contribution in [0.25, 0.3) is 0 Å². The monoisotopic (exact) mass is 561 g/mol. The van der Waals surface area contributed by atoms with Crippen LogP contribution >= 0.6 is 22.9 Å². The number of nitrogens with one attached hydrogen (secondary N) is 3. The second-order valence-electron chi connectivity index (χ2n) is 10.6. The smallest absolute Gasteiger partial charge is 0.413 e. The molecule has 0 bridgehead atoms. The van der Waals surface area contributed by atoms with Crippen molar-refractivity contribution in [3.63, 3.8) is 0 Å². The molecule has 1 saturated heterocycles. The van der Waals surface area contributed by atoms with Crippen LogP contribution in [-0.2, 0) is 28.7 Å². The SMILES string of the molecule is CC(C)(C)OC(=O)Nc1nc(/C(=N/OC(C)(C)C(=O)OC(C)(C)C)C(=O)N[C@H]2C(=O)N[C@H]2CO)c(Cl)s1. The summed E-state index contributed by atoms with van der Waals surface area (Å²) < 4.78 is 10.5. The zero-order chi connectivity index (χ0) is 28.3. The third kappa shape index (κ3) is 8.54. The standard InChI is InChI=1S/C22H32ClN5O8S/c1-20(2,3)34-17(32)22(7,8)36-28-13(16(31)25-11-10(9-29)24-15(11)30)12-14(23)37-18(26-12)27-19(33)35-21(4,5)6/h10-11,29H,9H2,1-8H3,(H,24,30)(H,25,31)(H,26,27,33)/b28-13-/t10-,11+/m0/s1. The average Bonchev–Trinajstić information content (AvgIpc) is 3.06. The van der Waals surface area contributed by atoms with Gasteiger partial charge in [0.2, 0.25) is 11.5 Å². The molecule has 1 aliphatic heterocycles. The van der Waals surface area contributed by atoms with E-state index in [1.165, 1.54) is 13.8 Å². The maximum atomic E-state index is 13.1. The van der Waals surface area contributed by atoms with E-state index in [9.17, 15) is 24.3 Å². The highest BCUT2D eigenvalue weighted by Gasteiger charge is 2.42. The van der Waals surface area contributed by atoms with Crippen molar-refractivity contribution in [1.29, 1.82) is 0 Å². The number of esters is 1. The van der Waals surface area contributed by atoms with Crippen LogP contribution in [0.4, 0.5) is 9.93 Å². The van der Waals surface area contributed by atoms with E-state index in [4.69, 9.17) is 25.9 Å². The van der Waals surface area contributed by atoms with Gasteiger partial charge >= 0.3 is 12.1 Å². The number of carbonyl (C=O) groups excluding carboxylic acids is 4. The van der Waals surface area contributed by atoms with Gasteiger partial charge in [-0.2, -0.15) is 0 Å². The number of aliphatic hydroxyl groups excluding tert-OH is 1. The number of hydrogen-bond acceptors (Lipinski definition) is 11. The van der Waals surface area contributed by atoms with Gasteiger partial charge in [0.15, 0.2) is 10.8 Å². The van der Waals surface area contributed by atoms with E-state index < -0.39 is 65.1 Å². The summed E-state index contributed by atoms with van der Waals surface area (Å²) in [6.07, 6.45) is -0.799. The van der Waals surface area contributed by atoms with Gasteiger partial charge in [-0.25, -0.2) is 14.6 Å². The molecule has 0 aromatic carbocycles. The van der Waals surface area contributed by atoms with E-state index in [-0.39, 0.29) is 15.2 Å². The van der Waals surface area contributed by atoms with Crippen LogP contribution in [0.15, 0.2) is 5.16 Å². The molecule has 0 saturated carbocycles. The van der Waals surface area contributed by atoms with Crippen LogP contribution in [0, 0.1) is 0 Å². The van der Waals surface area contributed by atoms with Gasteiger partial charge in [0, 0.05) is 0 Å². The minimum Gasteiger partial charge on any atom is -0.457 e. The number of anilines is 1. The topological polar surface area (TPSA) is 178 Å². The third-order valence-corrected chi connectivity index (χ3v) is 5.55. The van der Waals surface area contributed by atoms with Gasteiger partial charge in [0.05, 0.1) is 12.6 Å². The van der Waals surface area contributed by atoms with E-state index in [0.29, 0.717) is 0 Å². The molecular weight excluding hydrogens is 530 g/mol. The first-order valence-electron chi connectivity index (χ1n) is 11.2. The summed E-state index contributed by atoms with van der Waals surface area (Å²) in [6, 6.07) is -1.74. The van der Waals surface area contributed by atoms with Crippen LogP contribution in [0.5, 0.6) is 0 Å². The first-order valence-corrected chi connectivity index (χ1v) is 12.4. The zero-order valence-corrected chi connectivity index (χ0v) is 23.4. The first kappa shape index (κ1) is 30.3. The van der Waals surface area contributed by atoms with Gasteiger partial charge in [-0.15, -0.1) is 0 Å². The predicted octanol–water partition coefficient (Wildman–Crippen LogP) is 1.96. The Kier molecular flexibility index (Phi) is 9.15. The predicted molar refractivity (Wildman–Crippen MR) is 135 cm³/mol. The number of ether oxygens (including phenoxy) is 2. The lowest BCUT2D eigenvalue weighted by atomic mass is 9.99. The van der Waals surface area contributed by atoms with Crippen molar-refractivity contribution in [3.05, 3.63) is 10.0 Å². The molecule has 4 N–H and O–H groups in total. The first-order chi connectivity index (χ1) is 16.8. The Balaban J connectivity index is 2.37. The summed E-state index contributed by atoms with van der Waals surface area (Å²) in [4.78, 5) is 59.3. The number of aliphatic hydroxyl groups is 1. The average molecular weight is 562 g/mol. The number of β-lactam (4-membered cyclic amide) rings is 1. The largest absolute Gasteiger partial charge is 0.457 e. The van der Waals surface area contributed by atoms with Gasteiger partial charge < -0.3 is 30.1 Å². The number of aromatic nitrogens is 1. The fourth-order valence-corrected chi connectivity index (χ4v) is 3.68. The second-order valence-corrected chi connectivity index (χ2v) is 12.2. The van der Waals surface area contributed by atoms with Gasteiger partial charge in [0.25, 0.3) is 5.91 Å². The molecule has 1 aliphatic rings. The van der Waals surface area contributed by atoms with Crippen molar-refractivity contribution in [3.8, 4) is 0 Å². The Labute approximate surface area is 223 Å². The number of nitrogens with zero attached hydrogens (tertiary/aromatic N) is 2. The number of thiazole rings is 1. The van der Waals surface area contributed by atoms with Crippen LogP contribution in [-0.4, -0.2) is 75.2 Å². The molecule has 206 valence electrons. The molecule has 13 nitrogen and oxygen atoms in total. The number of amides is 3. The van der Waals surface area contributed by atoms with Crippen molar-refractivity contribution in [1.82, 2.24) is 15.6 Å². The molecule has 0 aliphatic carbocycles. The van der Waals surface area contributed by atoms with Crippen LogP contribution < -0.4 is 16.0 Å². The molecule has 3 amide bonds. The van der Waals surface area contributed by atoms with E-state index in [1.807, 2.05) is 0 Å². The summed E-state index contributed by atoms with van der Waals surface area (Å²) in [5.41, 5.74) is -3.87. The molecule has 2 rings (SSSR count). The molecule has 0 radical (unpaired) electrons. The normalized spacial score (nSPS) is 18.3. The molecule has 1 aromatic heterocycles. The quantitative estimate of drug-likeness (QED) is 0.160. The lowest BCUT2D eigenvalue weighted by molar-refractivity contribution is -0.179. The third-order valence-electron chi connectivity index (χ3n) is 4.38. The zero-order valence-electron chi connectivity index (χ0n) is 21.8. The molecule has 1 fully saturated rings. The summed E-state index contributed by atoms with van der Waals surface area (Å²) in [5.74, 6) is -2.19. The van der Waals surface area contributed by atoms with Gasteiger partial charge in [0.1, 0.15) is 27.3 Å². The molecule has 2 atom stereocenters. The van der Waals surface area contributed by atoms with Crippen LogP contribution in [0.1, 0.15) is 61.1 Å². The second kappa shape index (κ2) is 11.2. The van der Waals surface area contributed by atoms with Gasteiger partial charge in [-0.3, -0.25) is 14.9 Å². The van der Waals surface area contributed by atoms with Crippen LogP contribution in [0.2, 0.25) is 4.34 Å². The molecule has 1 aromatic rings. The highest BCUT2D eigenvalue weighted by molar-refractivity contribution is 7.20. The molecule has 0 spiro atoms. The lowest BCUT2D eigenvalue weighted by Gasteiger charge is -2.35. The summed E-state index contributed by atoms with van der Waals surface area (Å²) in [6.45, 7) is 12.5. The summed E-state index contributed by atoms with van der Waals surface area (Å²) >= 11 is 7.13. The lowest BCUT2D eigenvalue weighted by Crippen LogP contribution is -2.70. The Morgan fingerprint density at radius 2 is 1.70 bits per heavy atom. The van der Waals surface area contributed by atoms with E-state index in [1.54, 1.807) is 41.5 Å². The Bertz CT molecular complexity index is 1090. The summed E-state index contributed by atoms with van der Waals surface area (Å²) in [5, 5.41) is 20.5. The fraction of sp³-hybridized carbons (Fsp3) is 0.636. The minimum absolute atomic E-state index is 0.00391.